The van der Waals surface area contributed by atoms with Crippen molar-refractivity contribution in [3.8, 4) is 12.0 Å². The highest BCUT2D eigenvalue weighted by molar-refractivity contribution is 5.95. The molecule has 0 spiro atoms. The standard InChI is InChI=1S/C23H21FN8O2/c1-15-18(14-26-32(15)23-27-21(33)19-3-2-8-31(19)28-23)22(34)30-11-9-29(10-12-30)20(13-25)16-4-6-17(24)7-5-16/h2-8,14,20H,9-12H2,1H3,(H,27,28,33). The quantitative estimate of drug-likeness (QED) is 0.496. The van der Waals surface area contributed by atoms with Gasteiger partial charge in [0.2, 0.25) is 5.95 Å². The predicted molar refractivity (Wildman–Crippen MR) is 120 cm³/mol. The fourth-order valence-electron chi connectivity index (χ4n) is 4.23. The van der Waals surface area contributed by atoms with Crippen LogP contribution in [0.4, 0.5) is 4.39 Å². The number of piperazine rings is 1. The number of nitrogens with one attached hydrogen (secondary N) is 1. The minimum Gasteiger partial charge on any atom is -0.336 e. The van der Waals surface area contributed by atoms with E-state index in [9.17, 15) is 19.2 Å². The summed E-state index contributed by atoms with van der Waals surface area (Å²) in [5, 5.41) is 18.3. The summed E-state index contributed by atoms with van der Waals surface area (Å²) in [6.45, 7) is 3.64. The number of aromatic amines is 1. The average molecular weight is 460 g/mol. The molecule has 1 aliphatic rings. The first-order valence-electron chi connectivity index (χ1n) is 10.8. The molecule has 11 heteroatoms. The van der Waals surface area contributed by atoms with Crippen molar-refractivity contribution in [2.45, 2.75) is 13.0 Å². The van der Waals surface area contributed by atoms with Crippen molar-refractivity contribution >= 4 is 11.4 Å². The van der Waals surface area contributed by atoms with Crippen LogP contribution >= 0.6 is 0 Å². The van der Waals surface area contributed by atoms with Gasteiger partial charge in [-0.1, -0.05) is 12.1 Å². The third-order valence-corrected chi connectivity index (χ3v) is 6.10. The number of carbonyl (C=O) groups excluding carboxylic acids is 1. The second-order valence-corrected chi connectivity index (χ2v) is 8.08. The molecular weight excluding hydrogens is 439 g/mol. The Labute approximate surface area is 193 Å². The topological polar surface area (TPSA) is 115 Å². The fraction of sp³-hybridized carbons (Fsp3) is 0.261. The number of nitrogens with zero attached hydrogens (tertiary/aromatic N) is 7. The molecule has 3 aromatic heterocycles. The molecule has 1 aliphatic heterocycles. The fourth-order valence-corrected chi connectivity index (χ4v) is 4.23. The van der Waals surface area contributed by atoms with Crippen LogP contribution in [0.5, 0.6) is 0 Å². The van der Waals surface area contributed by atoms with Gasteiger partial charge in [0.25, 0.3) is 11.5 Å². The molecule has 1 unspecified atom stereocenters. The molecule has 0 saturated carbocycles. The van der Waals surface area contributed by atoms with Crippen LogP contribution in [0.25, 0.3) is 11.5 Å². The minimum atomic E-state index is -0.506. The highest BCUT2D eigenvalue weighted by Crippen LogP contribution is 2.23. The van der Waals surface area contributed by atoms with Gasteiger partial charge in [-0.15, -0.1) is 5.10 Å². The molecule has 5 rings (SSSR count). The van der Waals surface area contributed by atoms with Crippen LogP contribution in [0.3, 0.4) is 0 Å². The summed E-state index contributed by atoms with van der Waals surface area (Å²) in [6, 6.07) is 11.1. The normalized spacial score (nSPS) is 15.4. The summed E-state index contributed by atoms with van der Waals surface area (Å²) in [6.07, 6.45) is 3.14. The molecule has 1 fully saturated rings. The van der Waals surface area contributed by atoms with Gasteiger partial charge in [0.05, 0.1) is 23.5 Å². The van der Waals surface area contributed by atoms with Gasteiger partial charge in [0.15, 0.2) is 0 Å². The Bertz CT molecular complexity index is 1450. The van der Waals surface area contributed by atoms with Crippen LogP contribution in [0.2, 0.25) is 0 Å². The number of halogens is 1. The SMILES string of the molecule is Cc1c(C(=O)N2CCN(C(C#N)c3ccc(F)cc3)CC2)cnn1-c1nn2cccc2c(=O)[nH]1. The van der Waals surface area contributed by atoms with Gasteiger partial charge in [0, 0.05) is 32.4 Å². The van der Waals surface area contributed by atoms with Gasteiger partial charge in [-0.3, -0.25) is 19.5 Å². The molecule has 1 aromatic carbocycles. The number of hydrogen-bond acceptors (Lipinski definition) is 6. The number of nitriles is 1. The molecule has 0 aliphatic carbocycles. The average Bonchev–Trinajstić information content (AvgIpc) is 3.47. The molecule has 0 bridgehead atoms. The maximum atomic E-state index is 13.2. The zero-order valence-electron chi connectivity index (χ0n) is 18.3. The van der Waals surface area contributed by atoms with E-state index in [1.807, 2.05) is 4.90 Å². The Morgan fingerprint density at radius 2 is 1.91 bits per heavy atom. The summed E-state index contributed by atoms with van der Waals surface area (Å²) in [7, 11) is 0. The van der Waals surface area contributed by atoms with Crippen LogP contribution < -0.4 is 5.56 Å². The summed E-state index contributed by atoms with van der Waals surface area (Å²) >= 11 is 0. The Balaban J connectivity index is 1.31. The lowest BCUT2D eigenvalue weighted by Crippen LogP contribution is -2.49. The summed E-state index contributed by atoms with van der Waals surface area (Å²) in [5.74, 6) is -0.311. The molecule has 172 valence electrons. The van der Waals surface area contributed by atoms with E-state index in [4.69, 9.17) is 0 Å². The lowest BCUT2D eigenvalue weighted by atomic mass is 10.1. The van der Waals surface area contributed by atoms with Crippen molar-refractivity contribution in [2.24, 2.45) is 0 Å². The largest absolute Gasteiger partial charge is 0.336 e. The summed E-state index contributed by atoms with van der Waals surface area (Å²) < 4.78 is 16.1. The number of rotatable bonds is 4. The number of fused-ring (bicyclic) bond motifs is 1. The van der Waals surface area contributed by atoms with Gasteiger partial charge in [-0.2, -0.15) is 10.4 Å². The number of carbonyl (C=O) groups is 1. The molecule has 1 amide bonds. The van der Waals surface area contributed by atoms with Crippen LogP contribution in [-0.2, 0) is 0 Å². The number of aromatic nitrogens is 5. The number of benzene rings is 1. The Kier molecular flexibility index (Phi) is 5.43. The smallest absolute Gasteiger partial charge is 0.276 e. The van der Waals surface area contributed by atoms with E-state index in [2.05, 4.69) is 21.3 Å². The summed E-state index contributed by atoms with van der Waals surface area (Å²) in [5.41, 5.74) is 1.81. The first-order valence-corrected chi connectivity index (χ1v) is 10.8. The van der Waals surface area contributed by atoms with Crippen LogP contribution in [0.15, 0.2) is 53.6 Å². The summed E-state index contributed by atoms with van der Waals surface area (Å²) in [4.78, 5) is 31.9. The Morgan fingerprint density at radius 3 is 2.62 bits per heavy atom. The van der Waals surface area contributed by atoms with E-state index in [1.165, 1.54) is 27.5 Å². The molecule has 4 aromatic rings. The van der Waals surface area contributed by atoms with E-state index in [1.54, 1.807) is 42.3 Å². The zero-order chi connectivity index (χ0) is 23.8. The highest BCUT2D eigenvalue weighted by atomic mass is 19.1. The molecular formula is C23H21FN8O2. The predicted octanol–water partition coefficient (Wildman–Crippen LogP) is 1.68. The van der Waals surface area contributed by atoms with E-state index >= 15 is 0 Å². The van der Waals surface area contributed by atoms with Gasteiger partial charge in [-0.05, 0) is 36.8 Å². The molecule has 0 radical (unpaired) electrons. The first kappa shape index (κ1) is 21.5. The van der Waals surface area contributed by atoms with Crippen LogP contribution in [0.1, 0.15) is 27.7 Å². The molecule has 4 heterocycles. The molecule has 10 nitrogen and oxygen atoms in total. The van der Waals surface area contributed by atoms with Gasteiger partial charge in [-0.25, -0.2) is 13.6 Å². The van der Waals surface area contributed by atoms with Gasteiger partial charge in [0.1, 0.15) is 17.4 Å². The van der Waals surface area contributed by atoms with Gasteiger partial charge < -0.3 is 4.90 Å². The Hall–Kier alpha value is -4.30. The number of H-pyrrole nitrogens is 1. The second kappa shape index (κ2) is 8.57. The number of hydrogen-bond donors (Lipinski definition) is 1. The maximum absolute atomic E-state index is 13.2. The van der Waals surface area contributed by atoms with Crippen molar-refractivity contribution in [1.29, 1.82) is 5.26 Å². The minimum absolute atomic E-state index is 0.178. The zero-order valence-corrected chi connectivity index (χ0v) is 18.3. The maximum Gasteiger partial charge on any atom is 0.276 e. The molecule has 1 saturated heterocycles. The monoisotopic (exact) mass is 460 g/mol. The van der Waals surface area contributed by atoms with E-state index in [0.29, 0.717) is 43.0 Å². The van der Waals surface area contributed by atoms with Crippen molar-refractivity contribution in [2.75, 3.05) is 26.2 Å². The second-order valence-electron chi connectivity index (χ2n) is 8.08. The van der Waals surface area contributed by atoms with Crippen LogP contribution in [0, 0.1) is 24.1 Å². The Morgan fingerprint density at radius 1 is 1.18 bits per heavy atom. The third-order valence-electron chi connectivity index (χ3n) is 6.10. The van der Waals surface area contributed by atoms with Crippen LogP contribution in [-0.4, -0.2) is 66.3 Å². The van der Waals surface area contributed by atoms with E-state index in [0.717, 1.165) is 5.56 Å². The highest BCUT2D eigenvalue weighted by Gasteiger charge is 2.29. The molecule has 1 atom stereocenters. The lowest BCUT2D eigenvalue weighted by Gasteiger charge is -2.37. The molecule has 34 heavy (non-hydrogen) atoms. The number of amides is 1. The molecule has 1 N–H and O–H groups in total. The van der Waals surface area contributed by atoms with Crippen molar-refractivity contribution in [3.05, 3.63) is 81.8 Å². The first-order chi connectivity index (χ1) is 16.5. The van der Waals surface area contributed by atoms with E-state index in [-0.39, 0.29) is 23.2 Å². The van der Waals surface area contributed by atoms with E-state index < -0.39 is 6.04 Å². The van der Waals surface area contributed by atoms with Crippen molar-refractivity contribution < 1.29 is 9.18 Å². The third kappa shape index (κ3) is 3.74. The van der Waals surface area contributed by atoms with Crippen molar-refractivity contribution in [1.82, 2.24) is 34.2 Å². The van der Waals surface area contributed by atoms with Gasteiger partial charge >= 0.3 is 0 Å². The van der Waals surface area contributed by atoms with Crippen molar-refractivity contribution in [3.63, 3.8) is 0 Å². The lowest BCUT2D eigenvalue weighted by molar-refractivity contribution is 0.0605.